The van der Waals surface area contributed by atoms with Crippen LogP contribution in [0.15, 0.2) is 67.1 Å². The molecule has 0 saturated carbocycles. The second kappa shape index (κ2) is 8.48. The van der Waals surface area contributed by atoms with E-state index in [0.717, 1.165) is 17.1 Å². The molecular formula is C24H28N4OS. The van der Waals surface area contributed by atoms with Crippen molar-refractivity contribution in [2.24, 2.45) is 0 Å². The van der Waals surface area contributed by atoms with Gasteiger partial charge in [0.1, 0.15) is 5.75 Å². The van der Waals surface area contributed by atoms with Crippen LogP contribution in [0, 0.1) is 0 Å². The molecule has 1 fully saturated rings. The molecular weight excluding hydrogens is 392 g/mol. The molecule has 1 N–H and O–H groups in total. The van der Waals surface area contributed by atoms with Crippen molar-refractivity contribution in [3.8, 4) is 5.75 Å². The van der Waals surface area contributed by atoms with E-state index in [-0.39, 0.29) is 18.2 Å². The van der Waals surface area contributed by atoms with Gasteiger partial charge in [0.2, 0.25) is 0 Å². The van der Waals surface area contributed by atoms with Crippen LogP contribution < -0.4 is 15.0 Å². The van der Waals surface area contributed by atoms with Crippen LogP contribution in [-0.4, -0.2) is 20.8 Å². The number of anilines is 1. The number of rotatable bonds is 6. The van der Waals surface area contributed by atoms with Crippen molar-refractivity contribution in [2.45, 2.75) is 51.9 Å². The summed E-state index contributed by atoms with van der Waals surface area (Å²) in [7, 11) is 0. The number of pyridine rings is 1. The molecule has 1 aliphatic heterocycles. The second-order valence-corrected chi connectivity index (χ2v) is 8.53. The largest absolute Gasteiger partial charge is 0.491 e. The maximum atomic E-state index is 5.81. The molecule has 3 aromatic rings. The van der Waals surface area contributed by atoms with Gasteiger partial charge in [-0.05, 0) is 87.9 Å². The third kappa shape index (κ3) is 4.05. The third-order valence-corrected chi connectivity index (χ3v) is 5.57. The minimum atomic E-state index is -0.0340. The van der Waals surface area contributed by atoms with Crippen molar-refractivity contribution in [1.29, 1.82) is 0 Å². The first kappa shape index (κ1) is 20.4. The molecule has 0 aliphatic carbocycles. The van der Waals surface area contributed by atoms with E-state index in [2.05, 4.69) is 70.3 Å². The number of hydrogen-bond donors (Lipinski definition) is 1. The smallest absolute Gasteiger partial charge is 0.174 e. The highest BCUT2D eigenvalue weighted by atomic mass is 32.1. The molecule has 156 valence electrons. The summed E-state index contributed by atoms with van der Waals surface area (Å²) in [5, 5.41) is 4.21. The first-order valence-corrected chi connectivity index (χ1v) is 10.8. The van der Waals surface area contributed by atoms with Crippen LogP contribution in [0.2, 0.25) is 0 Å². The summed E-state index contributed by atoms with van der Waals surface area (Å²) in [6.45, 7) is 8.42. The van der Waals surface area contributed by atoms with Gasteiger partial charge >= 0.3 is 0 Å². The predicted molar refractivity (Wildman–Crippen MR) is 125 cm³/mol. The van der Waals surface area contributed by atoms with Crippen molar-refractivity contribution >= 4 is 23.0 Å². The zero-order valence-electron chi connectivity index (χ0n) is 17.8. The Bertz CT molecular complexity index is 998. The molecule has 5 nitrogen and oxygen atoms in total. The molecule has 3 heterocycles. The van der Waals surface area contributed by atoms with Gasteiger partial charge in [-0.15, -0.1) is 0 Å². The standard InChI is InChI=1S/C24H28N4OS/c1-16(2)27-14-12-18(15-27)23-22(21-7-5-6-13-25-21)26-24(30)28(23)19-8-10-20(11-9-19)29-17(3)4/h5-17,22-23H,1-4H3,(H,26,30)/t22-,23+/m1/s1. The fourth-order valence-electron chi connectivity index (χ4n) is 3.86. The number of aromatic nitrogens is 2. The number of hydrogen-bond acceptors (Lipinski definition) is 3. The topological polar surface area (TPSA) is 42.3 Å². The lowest BCUT2D eigenvalue weighted by Crippen LogP contribution is -2.29. The van der Waals surface area contributed by atoms with Crippen LogP contribution >= 0.6 is 12.2 Å². The summed E-state index contributed by atoms with van der Waals surface area (Å²) >= 11 is 5.79. The molecule has 2 aromatic heterocycles. The second-order valence-electron chi connectivity index (χ2n) is 8.14. The number of nitrogens with zero attached hydrogens (tertiary/aromatic N) is 3. The molecule has 30 heavy (non-hydrogen) atoms. The Hall–Kier alpha value is -2.86. The maximum absolute atomic E-state index is 5.81. The van der Waals surface area contributed by atoms with Crippen LogP contribution in [0.5, 0.6) is 5.75 Å². The summed E-state index contributed by atoms with van der Waals surface area (Å²) in [4.78, 5) is 6.80. The van der Waals surface area contributed by atoms with Crippen molar-refractivity contribution in [2.75, 3.05) is 4.90 Å². The average Bonchev–Trinajstić information content (AvgIpc) is 3.34. The van der Waals surface area contributed by atoms with Gasteiger partial charge in [-0.1, -0.05) is 6.07 Å². The maximum Gasteiger partial charge on any atom is 0.174 e. The zero-order valence-corrected chi connectivity index (χ0v) is 18.6. The lowest BCUT2D eigenvalue weighted by molar-refractivity contribution is 0.242. The predicted octanol–water partition coefficient (Wildman–Crippen LogP) is 5.43. The molecule has 0 bridgehead atoms. The number of thiocarbonyl (C=S) groups is 1. The van der Waals surface area contributed by atoms with E-state index in [0.29, 0.717) is 11.2 Å². The van der Waals surface area contributed by atoms with Gasteiger partial charge in [-0.2, -0.15) is 0 Å². The highest BCUT2D eigenvalue weighted by Gasteiger charge is 2.41. The average molecular weight is 421 g/mol. The summed E-state index contributed by atoms with van der Waals surface area (Å²) in [5.41, 5.74) is 3.21. The molecule has 1 aromatic carbocycles. The molecule has 0 spiro atoms. The molecule has 0 amide bonds. The van der Waals surface area contributed by atoms with Gasteiger partial charge < -0.3 is 19.5 Å². The SMILES string of the molecule is CC(C)Oc1ccc(N2C(=S)N[C@H](c3ccccn3)[C@@H]2c2ccn(C(C)C)c2)cc1. The van der Waals surface area contributed by atoms with E-state index in [1.807, 2.05) is 44.3 Å². The summed E-state index contributed by atoms with van der Waals surface area (Å²) in [6.07, 6.45) is 6.32. The summed E-state index contributed by atoms with van der Waals surface area (Å²) in [6, 6.07) is 16.7. The van der Waals surface area contributed by atoms with Gasteiger partial charge in [0.05, 0.1) is 23.9 Å². The van der Waals surface area contributed by atoms with Crippen molar-refractivity contribution in [1.82, 2.24) is 14.9 Å². The highest BCUT2D eigenvalue weighted by molar-refractivity contribution is 7.80. The molecule has 6 heteroatoms. The number of ether oxygens (including phenoxy) is 1. The van der Waals surface area contributed by atoms with Gasteiger partial charge in [0.15, 0.2) is 5.11 Å². The Morgan fingerprint density at radius 3 is 2.40 bits per heavy atom. The fraction of sp³-hybridized carbons (Fsp3) is 0.333. The monoisotopic (exact) mass is 420 g/mol. The zero-order chi connectivity index (χ0) is 21.3. The lowest BCUT2D eigenvalue weighted by Gasteiger charge is -2.27. The first-order chi connectivity index (χ1) is 14.4. The van der Waals surface area contributed by atoms with Crippen LogP contribution in [0.4, 0.5) is 5.69 Å². The van der Waals surface area contributed by atoms with Gasteiger partial charge in [0.25, 0.3) is 0 Å². The Morgan fingerprint density at radius 2 is 1.80 bits per heavy atom. The minimum Gasteiger partial charge on any atom is -0.491 e. The van der Waals surface area contributed by atoms with E-state index in [9.17, 15) is 0 Å². The van der Waals surface area contributed by atoms with E-state index in [1.165, 1.54) is 5.56 Å². The Kier molecular flexibility index (Phi) is 5.77. The van der Waals surface area contributed by atoms with Crippen molar-refractivity contribution in [3.05, 3.63) is 78.4 Å². The first-order valence-electron chi connectivity index (χ1n) is 10.4. The van der Waals surface area contributed by atoms with E-state index < -0.39 is 0 Å². The lowest BCUT2D eigenvalue weighted by atomic mass is 9.98. The fourth-order valence-corrected chi connectivity index (χ4v) is 4.20. The Morgan fingerprint density at radius 1 is 1.03 bits per heavy atom. The summed E-state index contributed by atoms with van der Waals surface area (Å²) < 4.78 is 8.04. The molecule has 0 unspecified atom stereocenters. The molecule has 1 saturated heterocycles. The third-order valence-electron chi connectivity index (χ3n) is 5.26. The van der Waals surface area contributed by atoms with Crippen LogP contribution in [0.25, 0.3) is 0 Å². The Labute approximate surface area is 183 Å². The summed E-state index contributed by atoms with van der Waals surface area (Å²) in [5.74, 6) is 0.857. The highest BCUT2D eigenvalue weighted by Crippen LogP contribution is 2.42. The van der Waals surface area contributed by atoms with E-state index in [4.69, 9.17) is 17.0 Å². The van der Waals surface area contributed by atoms with Gasteiger partial charge in [-0.25, -0.2) is 0 Å². The van der Waals surface area contributed by atoms with E-state index in [1.54, 1.807) is 0 Å². The Balaban J connectivity index is 1.74. The molecule has 2 atom stereocenters. The van der Waals surface area contributed by atoms with Crippen molar-refractivity contribution < 1.29 is 4.74 Å². The molecule has 0 radical (unpaired) electrons. The minimum absolute atomic E-state index is 0.00395. The van der Waals surface area contributed by atoms with Crippen LogP contribution in [0.1, 0.15) is 57.1 Å². The normalized spacial score (nSPS) is 18.9. The van der Waals surface area contributed by atoms with Crippen molar-refractivity contribution in [3.63, 3.8) is 0 Å². The molecule has 4 rings (SSSR count). The van der Waals surface area contributed by atoms with Gasteiger partial charge in [-0.3, -0.25) is 4.98 Å². The van der Waals surface area contributed by atoms with Crippen LogP contribution in [-0.2, 0) is 0 Å². The van der Waals surface area contributed by atoms with Gasteiger partial charge in [0, 0.05) is 30.3 Å². The quantitative estimate of drug-likeness (QED) is 0.539. The van der Waals surface area contributed by atoms with Crippen LogP contribution in [0.3, 0.4) is 0 Å². The number of benzene rings is 1. The molecule has 1 aliphatic rings. The number of nitrogens with one attached hydrogen (secondary N) is 1. The van der Waals surface area contributed by atoms with E-state index >= 15 is 0 Å².